The average Bonchev–Trinajstić information content (AvgIpc) is 2.72. The van der Waals surface area contributed by atoms with E-state index >= 15 is 0 Å². The van der Waals surface area contributed by atoms with E-state index in [9.17, 15) is 13.2 Å². The standard InChI is InChI=1S/C14H21N3O3S/c1-14(9-3-4-12(14)15)13(18)16-10-5-7-11(8-6-10)17-21(2,19)20/h5-8,12,17H,3-4,9,15H2,1-2H3,(H,16,18). The van der Waals surface area contributed by atoms with Gasteiger partial charge in [0, 0.05) is 17.4 Å². The van der Waals surface area contributed by atoms with Crippen LogP contribution in [0.2, 0.25) is 0 Å². The minimum Gasteiger partial charge on any atom is -0.327 e. The third kappa shape index (κ3) is 3.74. The minimum absolute atomic E-state index is 0.0867. The molecule has 0 spiro atoms. The summed E-state index contributed by atoms with van der Waals surface area (Å²) in [7, 11) is -3.30. The third-order valence-corrected chi connectivity index (χ3v) is 4.60. The highest BCUT2D eigenvalue weighted by molar-refractivity contribution is 7.92. The maximum Gasteiger partial charge on any atom is 0.231 e. The largest absolute Gasteiger partial charge is 0.327 e. The molecule has 0 aromatic heterocycles. The summed E-state index contributed by atoms with van der Waals surface area (Å²) >= 11 is 0. The number of nitrogens with one attached hydrogen (secondary N) is 2. The number of carbonyl (C=O) groups is 1. The van der Waals surface area contributed by atoms with Crippen LogP contribution in [-0.2, 0) is 14.8 Å². The first-order chi connectivity index (χ1) is 9.71. The summed E-state index contributed by atoms with van der Waals surface area (Å²) in [4.78, 5) is 12.4. The summed E-state index contributed by atoms with van der Waals surface area (Å²) < 4.78 is 24.6. The van der Waals surface area contributed by atoms with Crippen LogP contribution in [0.3, 0.4) is 0 Å². The lowest BCUT2D eigenvalue weighted by Gasteiger charge is -2.27. The Labute approximate surface area is 125 Å². The molecule has 4 N–H and O–H groups in total. The second-order valence-corrected chi connectivity index (χ2v) is 7.57. The van der Waals surface area contributed by atoms with E-state index in [4.69, 9.17) is 5.73 Å². The van der Waals surface area contributed by atoms with Crippen molar-refractivity contribution < 1.29 is 13.2 Å². The molecule has 21 heavy (non-hydrogen) atoms. The van der Waals surface area contributed by atoms with Gasteiger partial charge in [-0.2, -0.15) is 0 Å². The number of carbonyl (C=O) groups excluding carboxylic acids is 1. The molecule has 2 rings (SSSR count). The molecule has 0 radical (unpaired) electrons. The van der Waals surface area contributed by atoms with E-state index in [-0.39, 0.29) is 11.9 Å². The third-order valence-electron chi connectivity index (χ3n) is 3.99. The molecule has 1 aliphatic carbocycles. The number of benzene rings is 1. The van der Waals surface area contributed by atoms with Crippen molar-refractivity contribution >= 4 is 27.3 Å². The van der Waals surface area contributed by atoms with Gasteiger partial charge >= 0.3 is 0 Å². The van der Waals surface area contributed by atoms with Crippen LogP contribution in [0.25, 0.3) is 0 Å². The van der Waals surface area contributed by atoms with Gasteiger partial charge in [-0.15, -0.1) is 0 Å². The van der Waals surface area contributed by atoms with Crippen LogP contribution in [0.15, 0.2) is 24.3 Å². The highest BCUT2D eigenvalue weighted by atomic mass is 32.2. The molecular weight excluding hydrogens is 290 g/mol. The zero-order valence-corrected chi connectivity index (χ0v) is 13.0. The number of rotatable bonds is 4. The first kappa shape index (κ1) is 15.8. The molecule has 7 heteroatoms. The molecule has 1 saturated carbocycles. The second kappa shape index (κ2) is 5.65. The van der Waals surface area contributed by atoms with Crippen molar-refractivity contribution in [2.45, 2.75) is 32.2 Å². The maximum atomic E-state index is 12.4. The van der Waals surface area contributed by atoms with Crippen molar-refractivity contribution in [2.75, 3.05) is 16.3 Å². The monoisotopic (exact) mass is 311 g/mol. The van der Waals surface area contributed by atoms with E-state index < -0.39 is 15.4 Å². The van der Waals surface area contributed by atoms with Crippen molar-refractivity contribution in [1.82, 2.24) is 0 Å². The first-order valence-corrected chi connectivity index (χ1v) is 8.75. The van der Waals surface area contributed by atoms with Crippen LogP contribution in [0.1, 0.15) is 26.2 Å². The zero-order valence-electron chi connectivity index (χ0n) is 12.2. The second-order valence-electron chi connectivity index (χ2n) is 5.82. The molecule has 6 nitrogen and oxygen atoms in total. The van der Waals surface area contributed by atoms with Crippen LogP contribution in [0, 0.1) is 5.41 Å². The highest BCUT2D eigenvalue weighted by Gasteiger charge is 2.42. The number of hydrogen-bond acceptors (Lipinski definition) is 4. The molecule has 1 amide bonds. The zero-order chi connectivity index (χ0) is 15.7. The van der Waals surface area contributed by atoms with E-state index in [1.54, 1.807) is 24.3 Å². The van der Waals surface area contributed by atoms with Crippen molar-refractivity contribution in [1.29, 1.82) is 0 Å². The van der Waals surface area contributed by atoms with Crippen LogP contribution < -0.4 is 15.8 Å². The Morgan fingerprint density at radius 2 is 1.86 bits per heavy atom. The molecule has 0 saturated heterocycles. The molecule has 1 aromatic carbocycles. The smallest absolute Gasteiger partial charge is 0.231 e. The van der Waals surface area contributed by atoms with Gasteiger partial charge in [-0.25, -0.2) is 8.42 Å². The van der Waals surface area contributed by atoms with Crippen molar-refractivity contribution in [3.63, 3.8) is 0 Å². The van der Waals surface area contributed by atoms with E-state index in [1.807, 2.05) is 6.92 Å². The molecule has 0 heterocycles. The molecule has 0 aliphatic heterocycles. The fraction of sp³-hybridized carbons (Fsp3) is 0.500. The Hall–Kier alpha value is -1.60. The van der Waals surface area contributed by atoms with Crippen LogP contribution in [-0.4, -0.2) is 26.6 Å². The summed E-state index contributed by atoms with van der Waals surface area (Å²) in [6.07, 6.45) is 3.70. The van der Waals surface area contributed by atoms with Gasteiger partial charge in [0.25, 0.3) is 0 Å². The fourth-order valence-corrected chi connectivity index (χ4v) is 3.15. The molecular formula is C14H21N3O3S. The van der Waals surface area contributed by atoms with Crippen molar-refractivity contribution in [3.8, 4) is 0 Å². The van der Waals surface area contributed by atoms with Gasteiger partial charge in [-0.1, -0.05) is 6.42 Å². The molecule has 1 fully saturated rings. The summed E-state index contributed by atoms with van der Waals surface area (Å²) in [6, 6.07) is 6.41. The summed E-state index contributed by atoms with van der Waals surface area (Å²) in [6.45, 7) is 1.89. The van der Waals surface area contributed by atoms with E-state index in [1.165, 1.54) is 0 Å². The normalized spacial score (nSPS) is 25.6. The van der Waals surface area contributed by atoms with E-state index in [0.29, 0.717) is 11.4 Å². The van der Waals surface area contributed by atoms with Gasteiger partial charge < -0.3 is 11.1 Å². The van der Waals surface area contributed by atoms with E-state index in [2.05, 4.69) is 10.0 Å². The number of sulfonamides is 1. The summed E-state index contributed by atoms with van der Waals surface area (Å²) in [5.41, 5.74) is 6.57. The van der Waals surface area contributed by atoms with E-state index in [0.717, 1.165) is 25.5 Å². The predicted molar refractivity (Wildman–Crippen MR) is 83.5 cm³/mol. The van der Waals surface area contributed by atoms with Gasteiger partial charge in [0.05, 0.1) is 11.7 Å². The Morgan fingerprint density at radius 3 is 2.33 bits per heavy atom. The van der Waals surface area contributed by atoms with Gasteiger partial charge in [0.1, 0.15) is 0 Å². The molecule has 1 aromatic rings. The molecule has 0 bridgehead atoms. The van der Waals surface area contributed by atoms with Gasteiger partial charge in [-0.05, 0) is 44.0 Å². The molecule has 116 valence electrons. The first-order valence-electron chi connectivity index (χ1n) is 6.86. The molecule has 2 atom stereocenters. The predicted octanol–water partition coefficient (Wildman–Crippen LogP) is 1.51. The fourth-order valence-electron chi connectivity index (χ4n) is 2.58. The number of nitrogens with two attached hydrogens (primary N) is 1. The van der Waals surface area contributed by atoms with Crippen LogP contribution in [0.5, 0.6) is 0 Å². The van der Waals surface area contributed by atoms with Crippen LogP contribution in [0.4, 0.5) is 11.4 Å². The topological polar surface area (TPSA) is 101 Å². The highest BCUT2D eigenvalue weighted by Crippen LogP contribution is 2.37. The van der Waals surface area contributed by atoms with Crippen LogP contribution >= 0.6 is 0 Å². The van der Waals surface area contributed by atoms with Gasteiger partial charge in [0.15, 0.2) is 0 Å². The number of anilines is 2. The van der Waals surface area contributed by atoms with Gasteiger partial charge in [0.2, 0.25) is 15.9 Å². The molecule has 2 unspecified atom stereocenters. The molecule has 1 aliphatic rings. The lowest BCUT2D eigenvalue weighted by molar-refractivity contribution is -0.125. The Kier molecular flexibility index (Phi) is 4.25. The SMILES string of the molecule is CC1(C(=O)Nc2ccc(NS(C)(=O)=O)cc2)CCCC1N. The van der Waals surface area contributed by atoms with Crippen molar-refractivity contribution in [2.24, 2.45) is 11.1 Å². The summed E-state index contributed by atoms with van der Waals surface area (Å²) in [5, 5.41) is 2.85. The maximum absolute atomic E-state index is 12.4. The quantitative estimate of drug-likeness (QED) is 0.784. The van der Waals surface area contributed by atoms with Gasteiger partial charge in [-0.3, -0.25) is 9.52 Å². The minimum atomic E-state index is -3.30. The average molecular weight is 311 g/mol. The Bertz CT molecular complexity index is 627. The lowest BCUT2D eigenvalue weighted by Crippen LogP contribution is -2.44. The Balaban J connectivity index is 2.05. The number of hydrogen-bond donors (Lipinski definition) is 3. The Morgan fingerprint density at radius 1 is 1.29 bits per heavy atom. The lowest BCUT2D eigenvalue weighted by atomic mass is 9.84. The summed E-state index contributed by atoms with van der Waals surface area (Å²) in [5.74, 6) is -0.0867. The van der Waals surface area contributed by atoms with Crippen molar-refractivity contribution in [3.05, 3.63) is 24.3 Å². The number of amides is 1.